The van der Waals surface area contributed by atoms with E-state index in [1.807, 2.05) is 43.3 Å². The van der Waals surface area contributed by atoms with Crippen LogP contribution in [0.2, 0.25) is 0 Å². The molecule has 0 fully saturated rings. The molecule has 0 radical (unpaired) electrons. The Morgan fingerprint density at radius 2 is 1.94 bits per heavy atom. The van der Waals surface area contributed by atoms with Gasteiger partial charge in [0.25, 0.3) is 16.8 Å². The summed E-state index contributed by atoms with van der Waals surface area (Å²) in [6.07, 6.45) is 2.73. The lowest BCUT2D eigenvalue weighted by Crippen LogP contribution is -2.40. The number of hydrogen-bond donors (Lipinski definition) is 1. The van der Waals surface area contributed by atoms with Crippen LogP contribution in [0.15, 0.2) is 96.6 Å². The first kappa shape index (κ1) is 33.6. The fraction of sp³-hybridized carbons (Fsp3) is 0.229. The molecule has 0 amide bonds. The van der Waals surface area contributed by atoms with E-state index in [-0.39, 0.29) is 38.0 Å². The predicted octanol–water partition coefficient (Wildman–Crippen LogP) is 5.19. The third kappa shape index (κ3) is 6.56. The van der Waals surface area contributed by atoms with Crippen LogP contribution in [0.25, 0.3) is 16.8 Å². The van der Waals surface area contributed by atoms with Gasteiger partial charge in [0, 0.05) is 23.4 Å². The molecule has 250 valence electrons. The lowest BCUT2D eigenvalue weighted by atomic mass is 9.90. The summed E-state index contributed by atoms with van der Waals surface area (Å²) in [6, 6.07) is 16.4. The number of methoxy groups -OCH3 is 1. The number of benzene rings is 3. The Morgan fingerprint density at radius 1 is 1.14 bits per heavy atom. The number of carbonyl (C=O) groups is 1. The largest absolute Gasteiger partial charge is 0.496 e. The van der Waals surface area contributed by atoms with E-state index in [2.05, 4.69) is 9.97 Å². The van der Waals surface area contributed by atoms with Gasteiger partial charge in [-0.1, -0.05) is 61.1 Å². The molecule has 1 aliphatic rings. The zero-order valence-corrected chi connectivity index (χ0v) is 28.6. The average molecular weight is 698 g/mol. The number of fused-ring (bicyclic) bond motifs is 2. The Hall–Kier alpha value is -5.34. The molecule has 49 heavy (non-hydrogen) atoms. The topological polar surface area (TPSA) is 159 Å². The molecule has 1 atom stereocenters. The maximum Gasteiger partial charge on any atom is 0.338 e. The number of ether oxygens (including phenoxy) is 2. The quantitative estimate of drug-likeness (QED) is 0.0897. The van der Waals surface area contributed by atoms with Crippen LogP contribution < -0.4 is 25.2 Å². The average Bonchev–Trinajstić information content (AvgIpc) is 3.37. The number of nitro groups is 1. The molecule has 0 unspecified atom stereocenters. The van der Waals surface area contributed by atoms with E-state index in [0.717, 1.165) is 33.9 Å². The van der Waals surface area contributed by atoms with E-state index < -0.39 is 22.5 Å². The number of esters is 1. The van der Waals surface area contributed by atoms with Crippen molar-refractivity contribution in [2.45, 2.75) is 49.7 Å². The van der Waals surface area contributed by atoms with Gasteiger partial charge in [-0.15, -0.1) is 0 Å². The Balaban J connectivity index is 1.56. The van der Waals surface area contributed by atoms with Crippen molar-refractivity contribution in [2.24, 2.45) is 4.99 Å². The molecule has 3 aromatic carbocycles. The van der Waals surface area contributed by atoms with Gasteiger partial charge >= 0.3 is 5.97 Å². The van der Waals surface area contributed by atoms with Crippen molar-refractivity contribution in [2.75, 3.05) is 13.7 Å². The summed E-state index contributed by atoms with van der Waals surface area (Å²) in [4.78, 5) is 64.0. The number of thiazole rings is 1. The Morgan fingerprint density at radius 3 is 2.65 bits per heavy atom. The number of aromatic nitrogens is 3. The summed E-state index contributed by atoms with van der Waals surface area (Å²) in [6.45, 7) is 5.50. The summed E-state index contributed by atoms with van der Waals surface area (Å²) in [7, 11) is 1.54. The van der Waals surface area contributed by atoms with Crippen LogP contribution >= 0.6 is 23.1 Å². The number of carbonyl (C=O) groups excluding carboxylic acids is 1. The Labute approximate surface area is 287 Å². The maximum atomic E-state index is 14.4. The highest BCUT2D eigenvalue weighted by Gasteiger charge is 2.37. The second-order valence-corrected chi connectivity index (χ2v) is 13.1. The lowest BCUT2D eigenvalue weighted by Gasteiger charge is -2.28. The molecule has 6 rings (SSSR count). The molecule has 0 spiro atoms. The highest BCUT2D eigenvalue weighted by molar-refractivity contribution is 7.99. The van der Waals surface area contributed by atoms with E-state index in [4.69, 9.17) is 14.5 Å². The van der Waals surface area contributed by atoms with E-state index >= 15 is 0 Å². The number of aromatic amines is 1. The molecule has 0 saturated carbocycles. The summed E-state index contributed by atoms with van der Waals surface area (Å²) >= 11 is 2.09. The van der Waals surface area contributed by atoms with Crippen molar-refractivity contribution in [1.29, 1.82) is 0 Å². The van der Waals surface area contributed by atoms with Crippen molar-refractivity contribution in [1.82, 2.24) is 14.5 Å². The first-order valence-electron chi connectivity index (χ1n) is 15.4. The van der Waals surface area contributed by atoms with Gasteiger partial charge in [-0.2, -0.15) is 0 Å². The number of nitro benzene ring substituents is 1. The molecule has 1 N–H and O–H groups in total. The SMILES string of the molecule is CCCC1=C(C(=O)OCC)[C@@H](c2c(OC)ccc3ccccc23)n2c(s/c(=C/c3ccc(Sc4nc(C)cc(=O)[nH]4)c([N+](=O)[O-])c3)c2=O)=N1. The molecule has 3 heterocycles. The number of rotatable bonds is 10. The second kappa shape index (κ2) is 14.0. The number of H-pyrrole nitrogens is 1. The zero-order chi connectivity index (χ0) is 34.8. The van der Waals surface area contributed by atoms with Crippen LogP contribution in [0.1, 0.15) is 49.6 Å². The van der Waals surface area contributed by atoms with Crippen LogP contribution in [-0.2, 0) is 9.53 Å². The van der Waals surface area contributed by atoms with Crippen molar-refractivity contribution in [3.8, 4) is 5.75 Å². The highest BCUT2D eigenvalue weighted by atomic mass is 32.2. The lowest BCUT2D eigenvalue weighted by molar-refractivity contribution is -0.387. The number of allylic oxidation sites excluding steroid dienone is 1. The van der Waals surface area contributed by atoms with Crippen LogP contribution in [0.3, 0.4) is 0 Å². The summed E-state index contributed by atoms with van der Waals surface area (Å²) < 4.78 is 13.1. The summed E-state index contributed by atoms with van der Waals surface area (Å²) in [5.74, 6) is -0.0805. The molecule has 12 nitrogen and oxygen atoms in total. The van der Waals surface area contributed by atoms with Crippen LogP contribution in [0, 0.1) is 17.0 Å². The first-order valence-corrected chi connectivity index (χ1v) is 17.1. The smallest absolute Gasteiger partial charge is 0.338 e. The van der Waals surface area contributed by atoms with Gasteiger partial charge in [0.2, 0.25) is 0 Å². The number of hydrogen-bond acceptors (Lipinski definition) is 11. The maximum absolute atomic E-state index is 14.4. The van der Waals surface area contributed by atoms with E-state index in [9.17, 15) is 24.5 Å². The van der Waals surface area contributed by atoms with Gasteiger partial charge in [-0.05, 0) is 66.6 Å². The fourth-order valence-corrected chi connectivity index (χ4v) is 7.78. The van der Waals surface area contributed by atoms with E-state index in [0.29, 0.717) is 45.9 Å². The second-order valence-electron chi connectivity index (χ2n) is 11.1. The minimum atomic E-state index is -0.919. The van der Waals surface area contributed by atoms with Gasteiger partial charge in [-0.25, -0.2) is 14.8 Å². The zero-order valence-electron chi connectivity index (χ0n) is 27.0. The molecule has 14 heteroatoms. The van der Waals surface area contributed by atoms with E-state index in [1.165, 1.54) is 16.7 Å². The van der Waals surface area contributed by atoms with Gasteiger partial charge in [0.1, 0.15) is 11.8 Å². The fourth-order valence-electron chi connectivity index (χ4n) is 5.84. The third-order valence-corrected chi connectivity index (χ3v) is 9.78. The first-order chi connectivity index (χ1) is 23.6. The standard InChI is InChI=1S/C35H31N5O7S2/c1-5-9-23-30(33(43)47-6-2)31(29-22-11-8-7-10-21(22)13-14-25(29)46-4)39-32(42)27(49-35(39)37-23)18-20-12-15-26(24(17-20)40(44)45)48-34-36-19(3)16-28(41)38-34/h7-8,10-18,31H,5-6,9H2,1-4H3,(H,36,38,41)/b27-18+/t31-/m1/s1. The monoisotopic (exact) mass is 697 g/mol. The molecular formula is C35H31N5O7S2. The Bertz CT molecular complexity index is 2410. The summed E-state index contributed by atoms with van der Waals surface area (Å²) in [5, 5.41) is 14.1. The van der Waals surface area contributed by atoms with Crippen LogP contribution in [0.4, 0.5) is 5.69 Å². The third-order valence-electron chi connectivity index (χ3n) is 7.85. The number of aryl methyl sites for hydroxylation is 1. The number of nitrogens with zero attached hydrogens (tertiary/aromatic N) is 4. The molecule has 1 aliphatic heterocycles. The van der Waals surface area contributed by atoms with Crippen LogP contribution in [-0.4, -0.2) is 39.1 Å². The molecule has 0 bridgehead atoms. The van der Waals surface area contributed by atoms with Crippen molar-refractivity contribution >= 4 is 51.6 Å². The van der Waals surface area contributed by atoms with Crippen molar-refractivity contribution < 1.29 is 19.2 Å². The molecule has 0 saturated heterocycles. The predicted molar refractivity (Wildman–Crippen MR) is 187 cm³/mol. The highest BCUT2D eigenvalue weighted by Crippen LogP contribution is 2.41. The van der Waals surface area contributed by atoms with Gasteiger partial charge in [0.05, 0.1) is 39.3 Å². The van der Waals surface area contributed by atoms with Gasteiger partial charge in [0.15, 0.2) is 9.96 Å². The van der Waals surface area contributed by atoms with Crippen molar-refractivity contribution in [3.63, 3.8) is 0 Å². The summed E-state index contributed by atoms with van der Waals surface area (Å²) in [5.41, 5.74) is 1.29. The molecule has 2 aromatic heterocycles. The van der Waals surface area contributed by atoms with Crippen molar-refractivity contribution in [3.05, 3.63) is 129 Å². The molecular weight excluding hydrogens is 667 g/mol. The van der Waals surface area contributed by atoms with Gasteiger partial charge < -0.3 is 14.5 Å². The molecule has 5 aromatic rings. The molecule has 0 aliphatic carbocycles. The van der Waals surface area contributed by atoms with E-state index in [1.54, 1.807) is 39.2 Å². The Kier molecular flexibility index (Phi) is 9.60. The normalized spacial score (nSPS) is 14.4. The van der Waals surface area contributed by atoms with Crippen LogP contribution in [0.5, 0.6) is 5.75 Å². The minimum Gasteiger partial charge on any atom is -0.496 e. The minimum absolute atomic E-state index is 0.134. The number of nitrogens with one attached hydrogen (secondary N) is 1. The van der Waals surface area contributed by atoms with Gasteiger partial charge in [-0.3, -0.25) is 24.3 Å².